The van der Waals surface area contributed by atoms with E-state index >= 15 is 0 Å². The first-order valence-corrected chi connectivity index (χ1v) is 8.19. The van der Waals surface area contributed by atoms with Crippen molar-refractivity contribution in [2.75, 3.05) is 17.3 Å². The predicted octanol–water partition coefficient (Wildman–Crippen LogP) is 3.36. The first-order chi connectivity index (χ1) is 11.7. The predicted molar refractivity (Wildman–Crippen MR) is 98.2 cm³/mol. The van der Waals surface area contributed by atoms with E-state index in [9.17, 15) is 9.59 Å². The van der Waals surface area contributed by atoms with Crippen molar-refractivity contribution in [3.63, 3.8) is 0 Å². The van der Waals surface area contributed by atoms with E-state index in [4.69, 9.17) is 4.74 Å². The Balaban J connectivity index is 1.95. The topological polar surface area (TPSA) is 58.6 Å². The van der Waals surface area contributed by atoms with Crippen molar-refractivity contribution in [2.24, 2.45) is 0 Å². The maximum Gasteiger partial charge on any atom is 0.280 e. The van der Waals surface area contributed by atoms with Gasteiger partial charge in [-0.05, 0) is 62.6 Å². The van der Waals surface area contributed by atoms with Crippen LogP contribution in [-0.2, 0) is 9.59 Å². The van der Waals surface area contributed by atoms with E-state index in [0.717, 1.165) is 16.7 Å². The Labute approximate surface area is 147 Å². The molecule has 5 nitrogen and oxygen atoms in total. The lowest BCUT2D eigenvalue weighted by atomic mass is 9.99. The molecule has 2 amide bonds. The van der Waals surface area contributed by atoms with Crippen LogP contribution in [0.1, 0.15) is 23.6 Å². The van der Waals surface area contributed by atoms with E-state index in [1.807, 2.05) is 51.1 Å². The van der Waals surface area contributed by atoms with Crippen LogP contribution in [0, 0.1) is 20.8 Å². The first-order valence-electron chi connectivity index (χ1n) is 8.19. The molecule has 0 bridgehead atoms. The zero-order valence-electron chi connectivity index (χ0n) is 15.1. The first kappa shape index (κ1) is 17.0. The zero-order chi connectivity index (χ0) is 18.4. The molecular weight excluding hydrogens is 316 g/mol. The van der Waals surface area contributed by atoms with Gasteiger partial charge in [-0.1, -0.05) is 18.2 Å². The van der Waals surface area contributed by atoms with Crippen LogP contribution in [0.25, 0.3) is 0 Å². The fourth-order valence-electron chi connectivity index (χ4n) is 2.94. The molecule has 25 heavy (non-hydrogen) atoms. The van der Waals surface area contributed by atoms with Gasteiger partial charge in [0.25, 0.3) is 17.4 Å². The van der Waals surface area contributed by atoms with E-state index in [0.29, 0.717) is 17.1 Å². The van der Waals surface area contributed by atoms with Gasteiger partial charge in [-0.3, -0.25) is 9.59 Å². The van der Waals surface area contributed by atoms with Gasteiger partial charge in [-0.15, -0.1) is 0 Å². The molecule has 3 rings (SSSR count). The van der Waals surface area contributed by atoms with Crippen LogP contribution < -0.4 is 15.0 Å². The standard InChI is InChI=1S/C20H22N2O3/c1-12-9-10-17-16(11-12)22(5)19(24)20(4,25-17)18(23)21-15-8-6-7-13(2)14(15)3/h6-11H,1-5H3,(H,21,23). The van der Waals surface area contributed by atoms with Gasteiger partial charge in [0.15, 0.2) is 0 Å². The summed E-state index contributed by atoms with van der Waals surface area (Å²) < 4.78 is 5.86. The third kappa shape index (κ3) is 2.76. The summed E-state index contributed by atoms with van der Waals surface area (Å²) in [6.45, 7) is 7.36. The summed E-state index contributed by atoms with van der Waals surface area (Å²) in [5.74, 6) is -0.357. The fourth-order valence-corrected chi connectivity index (χ4v) is 2.94. The lowest BCUT2D eigenvalue weighted by Gasteiger charge is -2.38. The number of nitrogens with zero attached hydrogens (tertiary/aromatic N) is 1. The Morgan fingerprint density at radius 2 is 1.88 bits per heavy atom. The molecule has 0 radical (unpaired) electrons. The number of fused-ring (bicyclic) bond motifs is 1. The molecule has 1 aliphatic heterocycles. The highest BCUT2D eigenvalue weighted by Gasteiger charge is 2.49. The van der Waals surface area contributed by atoms with Crippen molar-refractivity contribution in [3.05, 3.63) is 53.1 Å². The van der Waals surface area contributed by atoms with Crippen LogP contribution in [-0.4, -0.2) is 24.5 Å². The summed E-state index contributed by atoms with van der Waals surface area (Å²) in [6.07, 6.45) is 0. The molecule has 5 heteroatoms. The van der Waals surface area contributed by atoms with Crippen LogP contribution in [0.15, 0.2) is 36.4 Å². The molecule has 1 N–H and O–H groups in total. The van der Waals surface area contributed by atoms with Crippen molar-refractivity contribution in [3.8, 4) is 5.75 Å². The van der Waals surface area contributed by atoms with Gasteiger partial charge in [0.1, 0.15) is 5.75 Å². The van der Waals surface area contributed by atoms with Gasteiger partial charge in [-0.2, -0.15) is 0 Å². The third-order valence-corrected chi connectivity index (χ3v) is 4.79. The number of rotatable bonds is 2. The van der Waals surface area contributed by atoms with Gasteiger partial charge in [0, 0.05) is 12.7 Å². The number of carbonyl (C=O) groups excluding carboxylic acids is 2. The van der Waals surface area contributed by atoms with Crippen LogP contribution in [0.5, 0.6) is 5.75 Å². The second-order valence-corrected chi connectivity index (χ2v) is 6.67. The molecule has 0 aliphatic carbocycles. The molecule has 1 atom stereocenters. The molecule has 2 aromatic rings. The lowest BCUT2D eigenvalue weighted by molar-refractivity contribution is -0.144. The van der Waals surface area contributed by atoms with Crippen LogP contribution in [0.3, 0.4) is 0 Å². The summed E-state index contributed by atoms with van der Waals surface area (Å²) in [7, 11) is 1.66. The minimum atomic E-state index is -1.62. The summed E-state index contributed by atoms with van der Waals surface area (Å²) in [4.78, 5) is 27.2. The largest absolute Gasteiger partial charge is 0.465 e. The van der Waals surface area contributed by atoms with Crippen LogP contribution >= 0.6 is 0 Å². The van der Waals surface area contributed by atoms with Gasteiger partial charge in [0.2, 0.25) is 0 Å². The quantitative estimate of drug-likeness (QED) is 0.854. The highest BCUT2D eigenvalue weighted by molar-refractivity contribution is 6.19. The number of benzene rings is 2. The van der Waals surface area contributed by atoms with Gasteiger partial charge < -0.3 is 15.0 Å². The smallest absolute Gasteiger partial charge is 0.280 e. The second-order valence-electron chi connectivity index (χ2n) is 6.67. The zero-order valence-corrected chi connectivity index (χ0v) is 15.1. The second kappa shape index (κ2) is 5.92. The lowest BCUT2D eigenvalue weighted by Crippen LogP contribution is -2.59. The summed E-state index contributed by atoms with van der Waals surface area (Å²) in [6, 6.07) is 11.2. The van der Waals surface area contributed by atoms with E-state index in [1.54, 1.807) is 13.1 Å². The number of amides is 2. The molecule has 0 saturated heterocycles. The monoisotopic (exact) mass is 338 g/mol. The highest BCUT2D eigenvalue weighted by atomic mass is 16.5. The molecule has 0 fully saturated rings. The number of anilines is 2. The third-order valence-electron chi connectivity index (χ3n) is 4.79. The molecular formula is C20H22N2O3. The number of hydrogen-bond acceptors (Lipinski definition) is 3. The molecule has 1 heterocycles. The average Bonchev–Trinajstić information content (AvgIpc) is 2.58. The van der Waals surface area contributed by atoms with Crippen molar-refractivity contribution in [1.29, 1.82) is 0 Å². The van der Waals surface area contributed by atoms with E-state index in [2.05, 4.69) is 5.32 Å². The Morgan fingerprint density at radius 1 is 1.16 bits per heavy atom. The molecule has 0 saturated carbocycles. The Morgan fingerprint density at radius 3 is 2.60 bits per heavy atom. The number of ether oxygens (including phenoxy) is 1. The van der Waals surface area contributed by atoms with Gasteiger partial charge in [0.05, 0.1) is 5.69 Å². The molecule has 2 aromatic carbocycles. The minimum Gasteiger partial charge on any atom is -0.465 e. The van der Waals surface area contributed by atoms with Crippen LogP contribution in [0.2, 0.25) is 0 Å². The maximum absolute atomic E-state index is 12.9. The van der Waals surface area contributed by atoms with Crippen molar-refractivity contribution in [1.82, 2.24) is 0 Å². The van der Waals surface area contributed by atoms with Crippen molar-refractivity contribution in [2.45, 2.75) is 33.3 Å². The number of likely N-dealkylation sites (N-methyl/N-ethyl adjacent to an activating group) is 1. The van der Waals surface area contributed by atoms with Crippen LogP contribution in [0.4, 0.5) is 11.4 Å². The van der Waals surface area contributed by atoms with Gasteiger partial charge in [-0.25, -0.2) is 0 Å². The minimum absolute atomic E-state index is 0.395. The van der Waals surface area contributed by atoms with Crippen molar-refractivity contribution >= 4 is 23.2 Å². The summed E-state index contributed by atoms with van der Waals surface area (Å²) in [5.41, 5.74) is 2.78. The molecule has 130 valence electrons. The molecule has 1 aliphatic rings. The number of aryl methyl sites for hydroxylation is 2. The Bertz CT molecular complexity index is 875. The van der Waals surface area contributed by atoms with Gasteiger partial charge >= 0.3 is 0 Å². The Hall–Kier alpha value is -2.82. The summed E-state index contributed by atoms with van der Waals surface area (Å²) >= 11 is 0. The SMILES string of the molecule is Cc1ccc2c(c1)N(C)C(=O)C(C)(C(=O)Nc1cccc(C)c1C)O2. The van der Waals surface area contributed by atoms with Crippen molar-refractivity contribution < 1.29 is 14.3 Å². The van der Waals surface area contributed by atoms with E-state index in [-0.39, 0.29) is 0 Å². The molecule has 0 spiro atoms. The summed E-state index contributed by atoms with van der Waals surface area (Å²) in [5, 5.41) is 2.84. The number of carbonyl (C=O) groups is 2. The average molecular weight is 338 g/mol. The maximum atomic E-state index is 12.9. The van der Waals surface area contributed by atoms with E-state index < -0.39 is 17.4 Å². The molecule has 1 unspecified atom stereocenters. The molecule has 0 aromatic heterocycles. The fraction of sp³-hybridized carbons (Fsp3) is 0.300. The Kier molecular flexibility index (Phi) is 4.03. The number of nitrogens with one attached hydrogen (secondary N) is 1. The normalized spacial score (nSPS) is 19.2. The highest BCUT2D eigenvalue weighted by Crippen LogP contribution is 2.38. The van der Waals surface area contributed by atoms with E-state index in [1.165, 1.54) is 11.8 Å². The number of hydrogen-bond donors (Lipinski definition) is 1.